The average Bonchev–Trinajstić information content (AvgIpc) is 3.02. The SMILES string of the molecule is Cc1ccc(C(=O)Nc2cc(F)ccc2N2CCCC2)cc1. The van der Waals surface area contributed by atoms with Crippen LogP contribution >= 0.6 is 0 Å². The minimum Gasteiger partial charge on any atom is -0.370 e. The third kappa shape index (κ3) is 3.11. The Morgan fingerprint density at radius 3 is 2.45 bits per heavy atom. The van der Waals surface area contributed by atoms with Gasteiger partial charge in [0.1, 0.15) is 5.82 Å². The van der Waals surface area contributed by atoms with Crippen molar-refractivity contribution in [3.05, 3.63) is 59.4 Å². The van der Waals surface area contributed by atoms with Crippen LogP contribution in [0.25, 0.3) is 0 Å². The van der Waals surface area contributed by atoms with Crippen LogP contribution in [0, 0.1) is 12.7 Å². The number of amides is 1. The number of benzene rings is 2. The summed E-state index contributed by atoms with van der Waals surface area (Å²) in [5.41, 5.74) is 3.09. The predicted octanol–water partition coefficient (Wildman–Crippen LogP) is 3.99. The Morgan fingerprint density at radius 2 is 1.77 bits per heavy atom. The molecule has 1 aliphatic heterocycles. The second-order valence-electron chi connectivity index (χ2n) is 5.68. The fourth-order valence-corrected chi connectivity index (χ4v) is 2.74. The van der Waals surface area contributed by atoms with Gasteiger partial charge in [-0.15, -0.1) is 0 Å². The van der Waals surface area contributed by atoms with Crippen LogP contribution in [0.2, 0.25) is 0 Å². The molecule has 2 aromatic rings. The number of rotatable bonds is 3. The summed E-state index contributed by atoms with van der Waals surface area (Å²) in [6.45, 7) is 3.86. The van der Waals surface area contributed by atoms with Gasteiger partial charge in [-0.3, -0.25) is 4.79 Å². The number of carbonyl (C=O) groups is 1. The molecule has 0 aliphatic carbocycles. The van der Waals surface area contributed by atoms with Gasteiger partial charge in [-0.1, -0.05) is 17.7 Å². The Morgan fingerprint density at radius 1 is 1.09 bits per heavy atom. The van der Waals surface area contributed by atoms with Crippen molar-refractivity contribution in [1.82, 2.24) is 0 Å². The zero-order valence-electron chi connectivity index (χ0n) is 12.6. The van der Waals surface area contributed by atoms with Gasteiger partial charge in [0.2, 0.25) is 0 Å². The summed E-state index contributed by atoms with van der Waals surface area (Å²) >= 11 is 0. The zero-order valence-corrected chi connectivity index (χ0v) is 12.6. The Balaban J connectivity index is 1.85. The molecule has 0 bridgehead atoms. The van der Waals surface area contributed by atoms with Crippen molar-refractivity contribution >= 4 is 17.3 Å². The van der Waals surface area contributed by atoms with E-state index in [9.17, 15) is 9.18 Å². The smallest absolute Gasteiger partial charge is 0.255 e. The number of carbonyl (C=O) groups excluding carboxylic acids is 1. The Bertz CT molecular complexity index is 676. The number of nitrogens with one attached hydrogen (secondary N) is 1. The van der Waals surface area contributed by atoms with Gasteiger partial charge in [0.05, 0.1) is 11.4 Å². The summed E-state index contributed by atoms with van der Waals surface area (Å²) < 4.78 is 13.6. The van der Waals surface area contributed by atoms with Crippen LogP contribution in [0.3, 0.4) is 0 Å². The fraction of sp³-hybridized carbons (Fsp3) is 0.278. The maximum Gasteiger partial charge on any atom is 0.255 e. The number of nitrogens with zero attached hydrogens (tertiary/aromatic N) is 1. The van der Waals surface area contributed by atoms with E-state index < -0.39 is 0 Å². The quantitative estimate of drug-likeness (QED) is 0.929. The van der Waals surface area contributed by atoms with Gasteiger partial charge in [0.25, 0.3) is 5.91 Å². The number of hydrogen-bond acceptors (Lipinski definition) is 2. The maximum absolute atomic E-state index is 13.6. The van der Waals surface area contributed by atoms with E-state index in [2.05, 4.69) is 10.2 Å². The minimum absolute atomic E-state index is 0.217. The van der Waals surface area contributed by atoms with Crippen molar-refractivity contribution in [3.8, 4) is 0 Å². The summed E-state index contributed by atoms with van der Waals surface area (Å²) in [5, 5.41) is 2.84. The summed E-state index contributed by atoms with van der Waals surface area (Å²) in [7, 11) is 0. The highest BCUT2D eigenvalue weighted by Crippen LogP contribution is 2.30. The molecule has 3 nitrogen and oxygen atoms in total. The van der Waals surface area contributed by atoms with Crippen molar-refractivity contribution in [1.29, 1.82) is 0 Å². The van der Waals surface area contributed by atoms with Gasteiger partial charge >= 0.3 is 0 Å². The molecule has 4 heteroatoms. The summed E-state index contributed by atoms with van der Waals surface area (Å²) in [5.74, 6) is -0.562. The molecule has 2 aromatic carbocycles. The number of halogens is 1. The first-order chi connectivity index (χ1) is 10.6. The lowest BCUT2D eigenvalue weighted by atomic mass is 10.1. The van der Waals surface area contributed by atoms with Crippen molar-refractivity contribution in [2.24, 2.45) is 0 Å². The molecule has 1 aliphatic rings. The highest BCUT2D eigenvalue weighted by molar-refractivity contribution is 6.06. The molecule has 1 fully saturated rings. The zero-order chi connectivity index (χ0) is 15.5. The van der Waals surface area contributed by atoms with Gasteiger partial charge in [-0.25, -0.2) is 4.39 Å². The lowest BCUT2D eigenvalue weighted by Gasteiger charge is -2.21. The van der Waals surface area contributed by atoms with Crippen LogP contribution in [0.1, 0.15) is 28.8 Å². The monoisotopic (exact) mass is 298 g/mol. The topological polar surface area (TPSA) is 32.3 Å². The molecule has 0 aromatic heterocycles. The summed E-state index contributed by atoms with van der Waals surface area (Å²) in [6, 6.07) is 11.9. The van der Waals surface area contributed by atoms with Crippen molar-refractivity contribution in [3.63, 3.8) is 0 Å². The van der Waals surface area contributed by atoms with Crippen molar-refractivity contribution in [2.75, 3.05) is 23.3 Å². The van der Waals surface area contributed by atoms with E-state index in [1.165, 1.54) is 12.1 Å². The van der Waals surface area contributed by atoms with Gasteiger partial charge in [0, 0.05) is 18.7 Å². The number of aryl methyl sites for hydroxylation is 1. The molecule has 0 radical (unpaired) electrons. The lowest BCUT2D eigenvalue weighted by molar-refractivity contribution is 0.102. The first-order valence-electron chi connectivity index (χ1n) is 7.56. The molecule has 1 N–H and O–H groups in total. The molecule has 0 saturated carbocycles. The average molecular weight is 298 g/mol. The Kier molecular flexibility index (Phi) is 4.09. The highest BCUT2D eigenvalue weighted by atomic mass is 19.1. The third-order valence-electron chi connectivity index (χ3n) is 3.97. The van der Waals surface area contributed by atoms with Crippen molar-refractivity contribution < 1.29 is 9.18 Å². The van der Waals surface area contributed by atoms with E-state index in [0.29, 0.717) is 11.3 Å². The van der Waals surface area contributed by atoms with Crippen LogP contribution in [-0.2, 0) is 0 Å². The van der Waals surface area contributed by atoms with Crippen LogP contribution in [-0.4, -0.2) is 19.0 Å². The summed E-state index contributed by atoms with van der Waals surface area (Å²) in [4.78, 5) is 14.5. The molecule has 114 valence electrons. The standard InChI is InChI=1S/C18H19FN2O/c1-13-4-6-14(7-5-13)18(22)20-16-12-15(19)8-9-17(16)21-10-2-3-11-21/h4-9,12H,2-3,10-11H2,1H3,(H,20,22). The lowest BCUT2D eigenvalue weighted by Crippen LogP contribution is -2.21. The number of anilines is 2. The second kappa shape index (κ2) is 6.18. The molecule has 1 saturated heterocycles. The van der Waals surface area contributed by atoms with Gasteiger partial charge in [-0.2, -0.15) is 0 Å². The van der Waals surface area contributed by atoms with Crippen molar-refractivity contribution in [2.45, 2.75) is 19.8 Å². The van der Waals surface area contributed by atoms with E-state index in [1.54, 1.807) is 18.2 Å². The molecular weight excluding hydrogens is 279 g/mol. The molecular formula is C18H19FN2O. The predicted molar refractivity (Wildman–Crippen MR) is 87.0 cm³/mol. The normalized spacial score (nSPS) is 14.2. The largest absolute Gasteiger partial charge is 0.370 e. The molecule has 1 amide bonds. The molecule has 0 atom stereocenters. The van der Waals surface area contributed by atoms with E-state index in [4.69, 9.17) is 0 Å². The van der Waals surface area contributed by atoms with Gasteiger partial charge in [0.15, 0.2) is 0 Å². The van der Waals surface area contributed by atoms with E-state index in [0.717, 1.165) is 37.2 Å². The summed E-state index contributed by atoms with van der Waals surface area (Å²) in [6.07, 6.45) is 2.26. The Labute approximate surface area is 129 Å². The van der Waals surface area contributed by atoms with Crippen LogP contribution in [0.5, 0.6) is 0 Å². The van der Waals surface area contributed by atoms with Crippen LogP contribution in [0.15, 0.2) is 42.5 Å². The molecule has 0 spiro atoms. The van der Waals surface area contributed by atoms with Crippen LogP contribution < -0.4 is 10.2 Å². The van der Waals surface area contributed by atoms with Crippen LogP contribution in [0.4, 0.5) is 15.8 Å². The third-order valence-corrected chi connectivity index (χ3v) is 3.97. The van der Waals surface area contributed by atoms with Gasteiger partial charge < -0.3 is 10.2 Å². The molecule has 1 heterocycles. The minimum atomic E-state index is -0.345. The van der Waals surface area contributed by atoms with E-state index in [1.807, 2.05) is 19.1 Å². The number of hydrogen-bond donors (Lipinski definition) is 1. The first kappa shape index (κ1) is 14.6. The molecule has 3 rings (SSSR count). The Hall–Kier alpha value is -2.36. The highest BCUT2D eigenvalue weighted by Gasteiger charge is 2.18. The first-order valence-corrected chi connectivity index (χ1v) is 7.56. The molecule has 0 unspecified atom stereocenters. The maximum atomic E-state index is 13.6. The fourth-order valence-electron chi connectivity index (χ4n) is 2.74. The van der Waals surface area contributed by atoms with E-state index in [-0.39, 0.29) is 11.7 Å². The van der Waals surface area contributed by atoms with Gasteiger partial charge in [-0.05, 0) is 50.1 Å². The van der Waals surface area contributed by atoms with E-state index >= 15 is 0 Å². The second-order valence-corrected chi connectivity index (χ2v) is 5.68. The molecule has 22 heavy (non-hydrogen) atoms.